The third-order valence-electron chi connectivity index (χ3n) is 6.50. The summed E-state index contributed by atoms with van der Waals surface area (Å²) in [5.41, 5.74) is 0.122. The zero-order valence-corrected chi connectivity index (χ0v) is 21.3. The summed E-state index contributed by atoms with van der Waals surface area (Å²) in [5, 5.41) is 15.6. The Balaban J connectivity index is 1.66. The smallest absolute Gasteiger partial charge is 0.382 e. The zero-order chi connectivity index (χ0) is 29.9. The van der Waals surface area contributed by atoms with Crippen LogP contribution in [0.4, 0.5) is 36.6 Å². The van der Waals surface area contributed by atoms with Gasteiger partial charge in [-0.1, -0.05) is 11.6 Å². The first-order valence-corrected chi connectivity index (χ1v) is 11.8. The van der Waals surface area contributed by atoms with Crippen molar-refractivity contribution >= 4 is 34.7 Å². The van der Waals surface area contributed by atoms with Crippen molar-refractivity contribution in [2.24, 2.45) is 0 Å². The number of alkyl halides is 7. The number of aromatic nitrogens is 3. The number of hydrogen-bond donors (Lipinski definition) is 3. The van der Waals surface area contributed by atoms with Gasteiger partial charge in [-0.2, -0.15) is 31.4 Å². The van der Waals surface area contributed by atoms with Crippen molar-refractivity contribution in [1.29, 1.82) is 0 Å². The summed E-state index contributed by atoms with van der Waals surface area (Å²) in [5.74, 6) is -3.25. The molecule has 40 heavy (non-hydrogen) atoms. The third-order valence-corrected chi connectivity index (χ3v) is 7.01. The number of hydrogen-bond acceptors (Lipinski definition) is 6. The lowest BCUT2D eigenvalue weighted by Crippen LogP contribution is -2.56. The predicted molar refractivity (Wildman–Crippen MR) is 127 cm³/mol. The zero-order valence-electron chi connectivity index (χ0n) is 20.5. The van der Waals surface area contributed by atoms with Crippen LogP contribution in [0.15, 0.2) is 24.5 Å². The second kappa shape index (κ2) is 9.76. The highest BCUT2D eigenvalue weighted by molar-refractivity contribution is 6.34. The highest BCUT2D eigenvalue weighted by Gasteiger charge is 2.58. The molecule has 3 atom stereocenters. The van der Waals surface area contributed by atoms with E-state index in [1.54, 1.807) is 0 Å². The molecule has 1 aromatic carbocycles. The van der Waals surface area contributed by atoms with Crippen molar-refractivity contribution in [2.75, 3.05) is 18.8 Å². The average molecular weight is 597 g/mol. The Morgan fingerprint density at radius 2 is 1.80 bits per heavy atom. The number of fused-ring (bicyclic) bond motifs is 1. The number of halogens is 8. The standard InChI is InChI=1S/C23H20ClF7N6O3/c1-9-3-10(15-5-12(22(26,27)28)17-18(32)33-8-34-37(15)17)4-11(16(9)24)19(38)35-14-7-36(6-13(14)25)20(39)21(2,40)23(29,30)31/h3-5,8,13-14,40H,6-7H2,1-2H3,(H,35,38)(H2,32,33,34)/t13-,14+,21?/m0/s1. The molecular weight excluding hydrogens is 577 g/mol. The summed E-state index contributed by atoms with van der Waals surface area (Å²) in [6.07, 6.45) is -11.2. The van der Waals surface area contributed by atoms with Gasteiger partial charge in [0.2, 0.25) is 5.60 Å². The molecule has 216 valence electrons. The molecule has 0 spiro atoms. The Morgan fingerprint density at radius 3 is 2.40 bits per heavy atom. The maximum atomic E-state index is 14.7. The van der Waals surface area contributed by atoms with Crippen molar-refractivity contribution in [3.63, 3.8) is 0 Å². The third kappa shape index (κ3) is 5.00. The van der Waals surface area contributed by atoms with Gasteiger partial charge in [-0.05, 0) is 37.6 Å². The van der Waals surface area contributed by atoms with Gasteiger partial charge in [0.1, 0.15) is 18.0 Å². The van der Waals surface area contributed by atoms with Gasteiger partial charge in [0.25, 0.3) is 11.8 Å². The minimum atomic E-state index is -5.33. The van der Waals surface area contributed by atoms with Crippen LogP contribution in [0.3, 0.4) is 0 Å². The first kappa shape index (κ1) is 29.3. The van der Waals surface area contributed by atoms with Gasteiger partial charge in [-0.25, -0.2) is 13.9 Å². The number of nitrogens with zero attached hydrogens (tertiary/aromatic N) is 4. The summed E-state index contributed by atoms with van der Waals surface area (Å²) in [4.78, 5) is 29.3. The van der Waals surface area contributed by atoms with Crippen molar-refractivity contribution in [3.8, 4) is 11.3 Å². The molecule has 2 amide bonds. The van der Waals surface area contributed by atoms with Crippen LogP contribution in [0.2, 0.25) is 5.02 Å². The second-order valence-corrected chi connectivity index (χ2v) is 9.76. The molecule has 1 aliphatic rings. The average Bonchev–Trinajstić information content (AvgIpc) is 3.41. The van der Waals surface area contributed by atoms with Crippen molar-refractivity contribution in [3.05, 3.63) is 46.2 Å². The molecule has 2 aromatic heterocycles. The predicted octanol–water partition coefficient (Wildman–Crippen LogP) is 3.55. The SMILES string of the molecule is Cc1cc(-c2cc(C(F)(F)F)c3c(N)ncnn23)cc(C(=O)N[C@@H]2CN(C(=O)C(C)(O)C(F)(F)F)C[C@@H]2F)c1Cl. The van der Waals surface area contributed by atoms with Crippen LogP contribution in [-0.4, -0.2) is 73.5 Å². The maximum Gasteiger partial charge on any atom is 0.426 e. The molecule has 1 fully saturated rings. The van der Waals surface area contributed by atoms with Gasteiger partial charge >= 0.3 is 12.4 Å². The van der Waals surface area contributed by atoms with Crippen molar-refractivity contribution < 1.29 is 45.4 Å². The molecule has 9 nitrogen and oxygen atoms in total. The summed E-state index contributed by atoms with van der Waals surface area (Å²) >= 11 is 6.27. The number of aryl methyl sites for hydroxylation is 1. The summed E-state index contributed by atoms with van der Waals surface area (Å²) in [6.45, 7) is 0.166. The topological polar surface area (TPSA) is 126 Å². The number of rotatable bonds is 4. The lowest BCUT2D eigenvalue weighted by molar-refractivity contribution is -0.249. The molecule has 0 bridgehead atoms. The van der Waals surface area contributed by atoms with E-state index in [9.17, 15) is 45.4 Å². The van der Waals surface area contributed by atoms with Gasteiger partial charge in [0.05, 0.1) is 34.4 Å². The number of benzene rings is 1. The highest BCUT2D eigenvalue weighted by Crippen LogP contribution is 2.40. The van der Waals surface area contributed by atoms with Crippen LogP contribution in [0.1, 0.15) is 28.4 Å². The quantitative estimate of drug-likeness (QED) is 0.396. The highest BCUT2D eigenvalue weighted by atomic mass is 35.5. The molecule has 0 saturated carbocycles. The Kier molecular flexibility index (Phi) is 7.16. The van der Waals surface area contributed by atoms with E-state index in [1.165, 1.54) is 13.0 Å². The van der Waals surface area contributed by atoms with E-state index in [0.29, 0.717) is 4.90 Å². The second-order valence-electron chi connectivity index (χ2n) is 9.38. The van der Waals surface area contributed by atoms with Crippen LogP contribution < -0.4 is 11.1 Å². The van der Waals surface area contributed by atoms with Gasteiger partial charge in [0, 0.05) is 12.1 Å². The normalized spacial score (nSPS) is 19.6. The summed E-state index contributed by atoms with van der Waals surface area (Å²) < 4.78 is 95.9. The molecule has 1 unspecified atom stereocenters. The monoisotopic (exact) mass is 596 g/mol. The van der Waals surface area contributed by atoms with Gasteiger partial charge < -0.3 is 21.1 Å². The van der Waals surface area contributed by atoms with Gasteiger partial charge in [-0.3, -0.25) is 9.59 Å². The number of carbonyl (C=O) groups is 2. The number of anilines is 1. The van der Waals surface area contributed by atoms with Gasteiger partial charge in [-0.15, -0.1) is 0 Å². The number of likely N-dealkylation sites (tertiary alicyclic amines) is 1. The number of nitrogens with one attached hydrogen (secondary N) is 1. The number of carbonyl (C=O) groups excluding carboxylic acids is 2. The van der Waals surface area contributed by atoms with E-state index in [4.69, 9.17) is 17.3 Å². The fraction of sp³-hybridized carbons (Fsp3) is 0.391. The van der Waals surface area contributed by atoms with E-state index >= 15 is 0 Å². The lowest BCUT2D eigenvalue weighted by Gasteiger charge is -2.29. The Hall–Kier alpha value is -3.66. The first-order valence-electron chi connectivity index (χ1n) is 11.4. The van der Waals surface area contributed by atoms with E-state index in [1.807, 2.05) is 0 Å². The molecule has 0 aliphatic carbocycles. The van der Waals surface area contributed by atoms with E-state index in [-0.39, 0.29) is 34.3 Å². The summed E-state index contributed by atoms with van der Waals surface area (Å²) in [6, 6.07) is 1.80. The fourth-order valence-corrected chi connectivity index (χ4v) is 4.51. The Morgan fingerprint density at radius 1 is 1.15 bits per heavy atom. The first-order chi connectivity index (χ1) is 18.3. The number of amides is 2. The van der Waals surface area contributed by atoms with Crippen molar-refractivity contribution in [2.45, 2.75) is 44.0 Å². The summed E-state index contributed by atoms with van der Waals surface area (Å²) in [7, 11) is 0. The molecule has 4 rings (SSSR count). The molecule has 3 heterocycles. The minimum absolute atomic E-state index is 0.0527. The molecule has 3 aromatic rings. The molecule has 0 radical (unpaired) electrons. The van der Waals surface area contributed by atoms with Crippen LogP contribution >= 0.6 is 11.6 Å². The number of nitrogen functional groups attached to an aromatic ring is 1. The minimum Gasteiger partial charge on any atom is -0.382 e. The lowest BCUT2D eigenvalue weighted by atomic mass is 10.0. The number of aliphatic hydroxyl groups is 1. The van der Waals surface area contributed by atoms with Crippen molar-refractivity contribution in [1.82, 2.24) is 24.8 Å². The van der Waals surface area contributed by atoms with E-state index < -0.39 is 72.0 Å². The Labute approximate surface area is 225 Å². The van der Waals surface area contributed by atoms with Crippen LogP contribution in [-0.2, 0) is 11.0 Å². The van der Waals surface area contributed by atoms with E-state index in [2.05, 4.69) is 15.4 Å². The Bertz CT molecular complexity index is 1500. The molecule has 1 saturated heterocycles. The molecule has 4 N–H and O–H groups in total. The molecule has 17 heteroatoms. The van der Waals surface area contributed by atoms with Crippen LogP contribution in [0.25, 0.3) is 16.8 Å². The molecule has 1 aliphatic heterocycles. The molecular formula is C23H20ClF7N6O3. The van der Waals surface area contributed by atoms with E-state index in [0.717, 1.165) is 23.0 Å². The van der Waals surface area contributed by atoms with Gasteiger partial charge in [0.15, 0.2) is 5.82 Å². The van der Waals surface area contributed by atoms with Crippen LogP contribution in [0.5, 0.6) is 0 Å². The van der Waals surface area contributed by atoms with Crippen LogP contribution in [0, 0.1) is 6.92 Å². The fourth-order valence-electron chi connectivity index (χ4n) is 4.31. The largest absolute Gasteiger partial charge is 0.426 e. The maximum absolute atomic E-state index is 14.7. The number of nitrogens with two attached hydrogens (primary N) is 1.